The van der Waals surface area contributed by atoms with Crippen molar-refractivity contribution in [3.8, 4) is 0 Å². The van der Waals surface area contributed by atoms with Gasteiger partial charge >= 0.3 is 0 Å². The zero-order valence-electron chi connectivity index (χ0n) is 14.3. The molecule has 1 fully saturated rings. The monoisotopic (exact) mass is 351 g/mol. The summed E-state index contributed by atoms with van der Waals surface area (Å²) in [7, 11) is 0. The molecule has 0 N–H and O–H groups in total. The number of fused-ring (bicyclic) bond motifs is 2. The van der Waals surface area contributed by atoms with Crippen molar-refractivity contribution in [2.45, 2.75) is 38.8 Å². The van der Waals surface area contributed by atoms with Crippen LogP contribution in [0.4, 0.5) is 0 Å². The van der Waals surface area contributed by atoms with E-state index in [2.05, 4.69) is 16.3 Å². The van der Waals surface area contributed by atoms with Crippen molar-refractivity contribution < 1.29 is 0 Å². The number of rotatable bonds is 3. The summed E-state index contributed by atoms with van der Waals surface area (Å²) >= 11 is 1.89. The van der Waals surface area contributed by atoms with E-state index in [0.717, 1.165) is 42.3 Å². The summed E-state index contributed by atoms with van der Waals surface area (Å²) in [5, 5.41) is 2.23. The summed E-state index contributed by atoms with van der Waals surface area (Å²) in [5.74, 6) is 0.776. The first kappa shape index (κ1) is 15.3. The Morgan fingerprint density at radius 1 is 1.28 bits per heavy atom. The first-order valence-electron chi connectivity index (χ1n) is 8.98. The van der Waals surface area contributed by atoms with Crippen LogP contribution < -0.4 is 5.56 Å². The number of pyridine rings is 1. The van der Waals surface area contributed by atoms with Crippen LogP contribution >= 0.6 is 11.3 Å². The predicted molar refractivity (Wildman–Crippen MR) is 100 cm³/mol. The Morgan fingerprint density at radius 2 is 2.16 bits per heavy atom. The molecule has 4 nitrogen and oxygen atoms in total. The third-order valence-corrected chi connectivity index (χ3v) is 6.41. The van der Waals surface area contributed by atoms with Crippen LogP contribution in [0.1, 0.15) is 40.6 Å². The number of hydrogen-bond donors (Lipinski definition) is 0. The first-order chi connectivity index (χ1) is 12.2. The van der Waals surface area contributed by atoms with Crippen LogP contribution in [0.25, 0.3) is 5.65 Å². The Labute approximate surface area is 150 Å². The Kier molecular flexibility index (Phi) is 3.54. The molecule has 0 radical (unpaired) electrons. The second kappa shape index (κ2) is 5.78. The second-order valence-corrected chi connectivity index (χ2v) is 8.32. The van der Waals surface area contributed by atoms with Crippen LogP contribution in [0.5, 0.6) is 0 Å². The summed E-state index contributed by atoms with van der Waals surface area (Å²) in [6.07, 6.45) is 5.62. The molecule has 3 aromatic rings. The van der Waals surface area contributed by atoms with Gasteiger partial charge in [-0.1, -0.05) is 6.07 Å². The van der Waals surface area contributed by atoms with Crippen LogP contribution in [-0.2, 0) is 13.0 Å². The van der Waals surface area contributed by atoms with Crippen molar-refractivity contribution in [2.24, 2.45) is 5.92 Å². The highest BCUT2D eigenvalue weighted by molar-refractivity contribution is 7.10. The van der Waals surface area contributed by atoms with E-state index in [1.165, 1.54) is 18.4 Å². The van der Waals surface area contributed by atoms with Gasteiger partial charge in [0.25, 0.3) is 5.56 Å². The second-order valence-electron chi connectivity index (χ2n) is 7.32. The molecule has 128 valence electrons. The van der Waals surface area contributed by atoms with E-state index in [9.17, 15) is 4.79 Å². The summed E-state index contributed by atoms with van der Waals surface area (Å²) < 4.78 is 1.64. The number of hydrogen-bond acceptors (Lipinski definition) is 4. The standard InChI is InChI=1S/C20H21N3OS/c1-13-2-5-18-21-15(10-19(24)23(18)11-13)12-22-8-6-17-16(7-9-25-17)20(22)14-3-4-14/h2,5,7,9-11,14,20H,3-4,6,8,12H2,1H3/t20-/m0/s1. The van der Waals surface area contributed by atoms with Crippen molar-refractivity contribution in [1.82, 2.24) is 14.3 Å². The van der Waals surface area contributed by atoms with Gasteiger partial charge < -0.3 is 0 Å². The number of thiophene rings is 1. The van der Waals surface area contributed by atoms with Gasteiger partial charge in [0.15, 0.2) is 0 Å². The molecule has 0 saturated heterocycles. The number of aromatic nitrogens is 2. The lowest BCUT2D eigenvalue weighted by molar-refractivity contribution is 0.156. The first-order valence-corrected chi connectivity index (χ1v) is 9.86. The summed E-state index contributed by atoms with van der Waals surface area (Å²) in [6, 6.07) is 8.47. The van der Waals surface area contributed by atoms with Gasteiger partial charge in [0.05, 0.1) is 5.69 Å². The van der Waals surface area contributed by atoms with Gasteiger partial charge in [0, 0.05) is 36.3 Å². The molecule has 3 aromatic heterocycles. The van der Waals surface area contributed by atoms with Crippen LogP contribution in [0, 0.1) is 12.8 Å². The molecule has 0 unspecified atom stereocenters. The zero-order chi connectivity index (χ0) is 17.0. The SMILES string of the molecule is Cc1ccc2nc(CN3CCc4sccc4[C@@H]3C3CC3)cc(=O)n2c1. The van der Waals surface area contributed by atoms with E-state index in [0.29, 0.717) is 6.04 Å². The van der Waals surface area contributed by atoms with Gasteiger partial charge in [-0.25, -0.2) is 4.98 Å². The maximum Gasteiger partial charge on any atom is 0.258 e. The molecule has 0 aromatic carbocycles. The molecule has 1 atom stereocenters. The van der Waals surface area contributed by atoms with E-state index in [4.69, 9.17) is 4.98 Å². The van der Waals surface area contributed by atoms with E-state index in [1.807, 2.05) is 36.6 Å². The fourth-order valence-corrected chi connectivity index (χ4v) is 5.00. The van der Waals surface area contributed by atoms with E-state index >= 15 is 0 Å². The minimum Gasteiger partial charge on any atom is -0.290 e. The molecule has 25 heavy (non-hydrogen) atoms. The minimum atomic E-state index is 0.0138. The smallest absolute Gasteiger partial charge is 0.258 e. The van der Waals surface area contributed by atoms with Crippen LogP contribution in [0.15, 0.2) is 40.6 Å². The molecule has 1 aliphatic heterocycles. The Morgan fingerprint density at radius 3 is 3.00 bits per heavy atom. The van der Waals surface area contributed by atoms with Gasteiger partial charge in [-0.05, 0) is 60.7 Å². The molecule has 0 spiro atoms. The molecule has 0 amide bonds. The number of aryl methyl sites for hydroxylation is 1. The lowest BCUT2D eigenvalue weighted by Gasteiger charge is -2.36. The van der Waals surface area contributed by atoms with Gasteiger partial charge in [-0.3, -0.25) is 14.1 Å². The van der Waals surface area contributed by atoms with E-state index in [1.54, 1.807) is 15.3 Å². The van der Waals surface area contributed by atoms with Crippen molar-refractivity contribution in [3.05, 3.63) is 67.9 Å². The molecule has 5 rings (SSSR count). The fourth-order valence-electron chi connectivity index (χ4n) is 4.09. The Hall–Kier alpha value is -1.98. The third kappa shape index (κ3) is 2.71. The van der Waals surface area contributed by atoms with Gasteiger partial charge in [0.1, 0.15) is 5.65 Å². The van der Waals surface area contributed by atoms with Gasteiger partial charge in [-0.2, -0.15) is 0 Å². The molecule has 1 saturated carbocycles. The maximum absolute atomic E-state index is 12.5. The summed E-state index contributed by atoms with van der Waals surface area (Å²) in [5.41, 5.74) is 4.23. The van der Waals surface area contributed by atoms with Crippen molar-refractivity contribution in [3.63, 3.8) is 0 Å². The van der Waals surface area contributed by atoms with Crippen LogP contribution in [-0.4, -0.2) is 20.8 Å². The van der Waals surface area contributed by atoms with Crippen molar-refractivity contribution in [2.75, 3.05) is 6.54 Å². The highest BCUT2D eigenvalue weighted by Gasteiger charge is 2.39. The lowest BCUT2D eigenvalue weighted by atomic mass is 9.95. The molecule has 4 heterocycles. The average Bonchev–Trinajstić information content (AvgIpc) is 3.32. The highest BCUT2D eigenvalue weighted by Crippen LogP contribution is 2.48. The summed E-state index contributed by atoms with van der Waals surface area (Å²) in [4.78, 5) is 21.3. The largest absolute Gasteiger partial charge is 0.290 e. The molecule has 2 aliphatic rings. The minimum absolute atomic E-state index is 0.0138. The molecule has 5 heteroatoms. The fraction of sp³-hybridized carbons (Fsp3) is 0.400. The predicted octanol–water partition coefficient (Wildman–Crippen LogP) is 3.57. The highest BCUT2D eigenvalue weighted by atomic mass is 32.1. The zero-order valence-corrected chi connectivity index (χ0v) is 15.1. The lowest BCUT2D eigenvalue weighted by Crippen LogP contribution is -2.36. The molecule has 0 bridgehead atoms. The van der Waals surface area contributed by atoms with Crippen LogP contribution in [0.2, 0.25) is 0 Å². The van der Waals surface area contributed by atoms with Gasteiger partial charge in [-0.15, -0.1) is 11.3 Å². The third-order valence-electron chi connectivity index (χ3n) is 5.41. The Balaban J connectivity index is 1.50. The van der Waals surface area contributed by atoms with Crippen LogP contribution in [0.3, 0.4) is 0 Å². The van der Waals surface area contributed by atoms with Crippen molar-refractivity contribution in [1.29, 1.82) is 0 Å². The molecular weight excluding hydrogens is 330 g/mol. The topological polar surface area (TPSA) is 37.6 Å². The normalized spacial score (nSPS) is 20.8. The summed E-state index contributed by atoms with van der Waals surface area (Å²) in [6.45, 7) is 3.81. The quantitative estimate of drug-likeness (QED) is 0.724. The molecule has 1 aliphatic carbocycles. The number of nitrogens with zero attached hydrogens (tertiary/aromatic N) is 3. The maximum atomic E-state index is 12.5. The van der Waals surface area contributed by atoms with Crippen molar-refractivity contribution >= 4 is 17.0 Å². The van der Waals surface area contributed by atoms with E-state index < -0.39 is 0 Å². The Bertz CT molecular complexity index is 1000. The average molecular weight is 351 g/mol. The molecular formula is C20H21N3OS. The van der Waals surface area contributed by atoms with E-state index in [-0.39, 0.29) is 5.56 Å². The van der Waals surface area contributed by atoms with Gasteiger partial charge in [0.2, 0.25) is 0 Å².